The van der Waals surface area contributed by atoms with Crippen LogP contribution in [0.2, 0.25) is 0 Å². The smallest absolute Gasteiger partial charge is 0.121 e. The van der Waals surface area contributed by atoms with Crippen LogP contribution in [0.5, 0.6) is 5.75 Å². The van der Waals surface area contributed by atoms with Crippen molar-refractivity contribution in [2.75, 3.05) is 25.1 Å². The predicted octanol–water partition coefficient (Wildman–Crippen LogP) is 3.67. The van der Waals surface area contributed by atoms with Crippen molar-refractivity contribution in [1.29, 1.82) is 0 Å². The summed E-state index contributed by atoms with van der Waals surface area (Å²) in [6, 6.07) is 7.28. The fourth-order valence-electron chi connectivity index (χ4n) is 2.77. The minimum atomic E-state index is 0.536. The van der Waals surface area contributed by atoms with Crippen molar-refractivity contribution in [2.45, 2.75) is 39.3 Å². The van der Waals surface area contributed by atoms with E-state index in [9.17, 15) is 0 Å². The maximum absolute atomic E-state index is 5.38. The predicted molar refractivity (Wildman–Crippen MR) is 88.7 cm³/mol. The second-order valence-electron chi connectivity index (χ2n) is 5.79. The summed E-state index contributed by atoms with van der Waals surface area (Å²) >= 11 is 3.69. The van der Waals surface area contributed by atoms with Crippen LogP contribution < -0.4 is 15.0 Å². The van der Waals surface area contributed by atoms with Crippen molar-refractivity contribution in [2.24, 2.45) is 5.92 Å². The molecule has 2 atom stereocenters. The summed E-state index contributed by atoms with van der Waals surface area (Å²) in [5.41, 5.74) is 1.24. The SMILES string of the molecule is CCC1CNC(C(C)C)CN1c1cc(OC)ccc1Br. The molecule has 0 amide bonds. The van der Waals surface area contributed by atoms with E-state index in [0.29, 0.717) is 18.0 Å². The van der Waals surface area contributed by atoms with Gasteiger partial charge in [-0.3, -0.25) is 0 Å². The molecule has 1 aliphatic rings. The number of nitrogens with one attached hydrogen (secondary N) is 1. The lowest BCUT2D eigenvalue weighted by molar-refractivity contribution is 0.324. The van der Waals surface area contributed by atoms with Gasteiger partial charge >= 0.3 is 0 Å². The Labute approximate surface area is 130 Å². The maximum atomic E-state index is 5.38. The van der Waals surface area contributed by atoms with Gasteiger partial charge in [0, 0.05) is 35.7 Å². The topological polar surface area (TPSA) is 24.5 Å². The highest BCUT2D eigenvalue weighted by Gasteiger charge is 2.29. The van der Waals surface area contributed by atoms with Crippen LogP contribution in [0.1, 0.15) is 27.2 Å². The second kappa shape index (κ2) is 6.81. The fourth-order valence-corrected chi connectivity index (χ4v) is 3.24. The summed E-state index contributed by atoms with van der Waals surface area (Å²) in [6.07, 6.45) is 1.14. The van der Waals surface area contributed by atoms with Crippen LogP contribution in [-0.2, 0) is 0 Å². The molecule has 1 aliphatic heterocycles. The molecule has 0 aliphatic carbocycles. The molecule has 0 saturated carbocycles. The Kier molecular flexibility index (Phi) is 5.33. The number of nitrogens with zero attached hydrogens (tertiary/aromatic N) is 1. The average Bonchev–Trinajstić information content (AvgIpc) is 2.47. The van der Waals surface area contributed by atoms with Gasteiger partial charge in [-0.1, -0.05) is 20.8 Å². The Morgan fingerprint density at radius 1 is 1.45 bits per heavy atom. The second-order valence-corrected chi connectivity index (χ2v) is 6.64. The quantitative estimate of drug-likeness (QED) is 0.904. The van der Waals surface area contributed by atoms with Crippen molar-refractivity contribution in [3.8, 4) is 5.75 Å². The molecule has 3 nitrogen and oxygen atoms in total. The molecule has 1 aromatic carbocycles. The Balaban J connectivity index is 2.30. The highest BCUT2D eigenvalue weighted by Crippen LogP contribution is 2.33. The zero-order valence-electron chi connectivity index (χ0n) is 12.8. The van der Waals surface area contributed by atoms with Gasteiger partial charge in [0.1, 0.15) is 5.75 Å². The van der Waals surface area contributed by atoms with E-state index in [2.05, 4.69) is 59.1 Å². The molecule has 1 N–H and O–H groups in total. The summed E-state index contributed by atoms with van der Waals surface area (Å²) in [5.74, 6) is 1.55. The Morgan fingerprint density at radius 2 is 2.20 bits per heavy atom. The van der Waals surface area contributed by atoms with Crippen molar-refractivity contribution in [1.82, 2.24) is 5.32 Å². The van der Waals surface area contributed by atoms with Crippen molar-refractivity contribution in [3.05, 3.63) is 22.7 Å². The third kappa shape index (κ3) is 3.29. The Hall–Kier alpha value is -0.740. The Bertz CT molecular complexity index is 450. The number of rotatable bonds is 4. The minimum Gasteiger partial charge on any atom is -0.497 e. The molecule has 20 heavy (non-hydrogen) atoms. The largest absolute Gasteiger partial charge is 0.497 e. The lowest BCUT2D eigenvalue weighted by Gasteiger charge is -2.43. The zero-order chi connectivity index (χ0) is 14.7. The summed E-state index contributed by atoms with van der Waals surface area (Å²) < 4.78 is 6.52. The number of methoxy groups -OCH3 is 1. The molecular weight excluding hydrogens is 316 g/mol. The number of benzene rings is 1. The van der Waals surface area contributed by atoms with Gasteiger partial charge in [-0.2, -0.15) is 0 Å². The van der Waals surface area contributed by atoms with Crippen LogP contribution in [0, 0.1) is 5.92 Å². The van der Waals surface area contributed by atoms with E-state index >= 15 is 0 Å². The van der Waals surface area contributed by atoms with E-state index in [1.54, 1.807) is 7.11 Å². The average molecular weight is 341 g/mol. The fraction of sp³-hybridized carbons (Fsp3) is 0.625. The number of anilines is 1. The van der Waals surface area contributed by atoms with Crippen molar-refractivity contribution < 1.29 is 4.74 Å². The lowest BCUT2D eigenvalue weighted by Crippen LogP contribution is -2.58. The van der Waals surface area contributed by atoms with Gasteiger partial charge in [0.05, 0.1) is 12.8 Å². The first kappa shape index (κ1) is 15.6. The molecule has 1 aromatic rings. The molecule has 0 aromatic heterocycles. The third-order valence-corrected chi connectivity index (χ3v) is 4.86. The molecule has 2 unspecified atom stereocenters. The standard InChI is InChI=1S/C16H25BrN2O/c1-5-12-9-18-15(11(2)3)10-19(12)16-8-13(20-4)6-7-14(16)17/h6-8,11-12,15,18H,5,9-10H2,1-4H3. The van der Waals surface area contributed by atoms with Gasteiger partial charge < -0.3 is 15.0 Å². The molecule has 0 bridgehead atoms. The van der Waals surface area contributed by atoms with Crippen LogP contribution in [-0.4, -0.2) is 32.3 Å². The molecule has 0 radical (unpaired) electrons. The summed E-state index contributed by atoms with van der Waals surface area (Å²) in [5, 5.41) is 3.68. The summed E-state index contributed by atoms with van der Waals surface area (Å²) in [4.78, 5) is 2.52. The Morgan fingerprint density at radius 3 is 2.80 bits per heavy atom. The van der Waals surface area contributed by atoms with Gasteiger partial charge in [0.15, 0.2) is 0 Å². The number of halogens is 1. The van der Waals surface area contributed by atoms with Crippen LogP contribution >= 0.6 is 15.9 Å². The van der Waals surface area contributed by atoms with E-state index in [4.69, 9.17) is 4.74 Å². The van der Waals surface area contributed by atoms with Crippen molar-refractivity contribution >= 4 is 21.6 Å². The summed E-state index contributed by atoms with van der Waals surface area (Å²) in [7, 11) is 1.72. The highest BCUT2D eigenvalue weighted by molar-refractivity contribution is 9.10. The maximum Gasteiger partial charge on any atom is 0.121 e. The van der Waals surface area contributed by atoms with E-state index in [-0.39, 0.29) is 0 Å². The van der Waals surface area contributed by atoms with Gasteiger partial charge in [0.25, 0.3) is 0 Å². The lowest BCUT2D eigenvalue weighted by atomic mass is 9.98. The molecule has 1 fully saturated rings. The van der Waals surface area contributed by atoms with E-state index in [1.807, 2.05) is 6.07 Å². The third-order valence-electron chi connectivity index (χ3n) is 4.19. The minimum absolute atomic E-state index is 0.536. The normalized spacial score (nSPS) is 23.2. The molecule has 4 heteroatoms. The molecular formula is C16H25BrN2O. The van der Waals surface area contributed by atoms with Gasteiger partial charge in [-0.05, 0) is 40.4 Å². The first-order chi connectivity index (χ1) is 9.56. The van der Waals surface area contributed by atoms with Gasteiger partial charge in [0.2, 0.25) is 0 Å². The van der Waals surface area contributed by atoms with Crippen LogP contribution in [0.25, 0.3) is 0 Å². The number of hydrogen-bond acceptors (Lipinski definition) is 3. The van der Waals surface area contributed by atoms with Crippen molar-refractivity contribution in [3.63, 3.8) is 0 Å². The number of hydrogen-bond donors (Lipinski definition) is 1. The van der Waals surface area contributed by atoms with Gasteiger partial charge in [-0.25, -0.2) is 0 Å². The zero-order valence-corrected chi connectivity index (χ0v) is 14.4. The monoisotopic (exact) mass is 340 g/mol. The van der Waals surface area contributed by atoms with Crippen LogP contribution in [0.15, 0.2) is 22.7 Å². The molecule has 1 heterocycles. The molecule has 2 rings (SSSR count). The van der Waals surface area contributed by atoms with E-state index < -0.39 is 0 Å². The summed E-state index contributed by atoms with van der Waals surface area (Å²) in [6.45, 7) is 8.90. The van der Waals surface area contributed by atoms with Crippen LogP contribution in [0.4, 0.5) is 5.69 Å². The van der Waals surface area contributed by atoms with Gasteiger partial charge in [-0.15, -0.1) is 0 Å². The molecule has 112 valence electrons. The number of piperazine rings is 1. The van der Waals surface area contributed by atoms with E-state index in [1.165, 1.54) is 5.69 Å². The molecule has 1 saturated heterocycles. The highest BCUT2D eigenvalue weighted by atomic mass is 79.9. The molecule has 0 spiro atoms. The first-order valence-electron chi connectivity index (χ1n) is 7.40. The van der Waals surface area contributed by atoms with E-state index in [0.717, 1.165) is 29.7 Å². The first-order valence-corrected chi connectivity index (χ1v) is 8.19. The number of ether oxygens (including phenoxy) is 1. The van der Waals surface area contributed by atoms with Crippen LogP contribution in [0.3, 0.4) is 0 Å².